The van der Waals surface area contributed by atoms with Crippen molar-refractivity contribution in [3.05, 3.63) is 6.33 Å². The van der Waals surface area contributed by atoms with E-state index in [2.05, 4.69) is 22.4 Å². The maximum Gasteiger partial charge on any atom is 0.190 e. The number of hydrogen-bond donors (Lipinski definition) is 1. The molecule has 1 heterocycles. The van der Waals surface area contributed by atoms with Crippen molar-refractivity contribution in [2.45, 2.75) is 12.1 Å². The molecule has 0 spiro atoms. The molecule has 4 nitrogen and oxygen atoms in total. The summed E-state index contributed by atoms with van der Waals surface area (Å²) in [5, 5.41) is 12.0. The summed E-state index contributed by atoms with van der Waals surface area (Å²) in [6.45, 7) is 4.15. The molecule has 0 aliphatic carbocycles. The highest BCUT2D eigenvalue weighted by Crippen LogP contribution is 2.11. The van der Waals surface area contributed by atoms with Gasteiger partial charge in [-0.1, -0.05) is 18.7 Å². The predicted molar refractivity (Wildman–Crippen MR) is 50.3 cm³/mol. The molecular weight excluding hydrogens is 172 g/mol. The number of nitrogens with one attached hydrogen (secondary N) is 1. The van der Waals surface area contributed by atoms with Crippen molar-refractivity contribution in [3.63, 3.8) is 0 Å². The summed E-state index contributed by atoms with van der Waals surface area (Å²) in [6, 6.07) is 0. The SMILES string of the molecule is CCNCCSc1nncn1C. The average molecular weight is 186 g/mol. The van der Waals surface area contributed by atoms with Crippen LogP contribution in [0.15, 0.2) is 11.5 Å². The Morgan fingerprint density at radius 1 is 1.67 bits per heavy atom. The zero-order valence-electron chi connectivity index (χ0n) is 7.45. The molecule has 12 heavy (non-hydrogen) atoms. The molecule has 0 amide bonds. The molecule has 5 heteroatoms. The van der Waals surface area contributed by atoms with Gasteiger partial charge < -0.3 is 9.88 Å². The van der Waals surface area contributed by atoms with E-state index in [0.717, 1.165) is 24.0 Å². The van der Waals surface area contributed by atoms with Gasteiger partial charge in [0.15, 0.2) is 5.16 Å². The van der Waals surface area contributed by atoms with Crippen molar-refractivity contribution >= 4 is 11.8 Å². The Morgan fingerprint density at radius 3 is 3.08 bits per heavy atom. The number of aryl methyl sites for hydroxylation is 1. The van der Waals surface area contributed by atoms with Crippen LogP contribution >= 0.6 is 11.8 Å². The normalized spacial score (nSPS) is 10.5. The predicted octanol–water partition coefficient (Wildman–Crippen LogP) is 0.517. The Hall–Kier alpha value is -0.550. The van der Waals surface area contributed by atoms with Gasteiger partial charge in [-0.25, -0.2) is 0 Å². The lowest BCUT2D eigenvalue weighted by atomic mass is 10.7. The molecule has 0 atom stereocenters. The lowest BCUT2D eigenvalue weighted by Gasteiger charge is -2.00. The number of hydrogen-bond acceptors (Lipinski definition) is 4. The standard InChI is InChI=1S/C7H14N4S/c1-3-8-4-5-12-7-10-9-6-11(7)2/h6,8H,3-5H2,1-2H3. The van der Waals surface area contributed by atoms with E-state index in [9.17, 15) is 0 Å². The van der Waals surface area contributed by atoms with Gasteiger partial charge in [-0.15, -0.1) is 10.2 Å². The van der Waals surface area contributed by atoms with Crippen LogP contribution in [0.3, 0.4) is 0 Å². The zero-order chi connectivity index (χ0) is 8.81. The maximum absolute atomic E-state index is 3.96. The summed E-state index contributed by atoms with van der Waals surface area (Å²) in [7, 11) is 1.95. The minimum atomic E-state index is 0.980. The molecule has 0 aliphatic rings. The number of thioether (sulfide) groups is 1. The van der Waals surface area contributed by atoms with E-state index >= 15 is 0 Å². The molecule has 68 valence electrons. The van der Waals surface area contributed by atoms with Crippen LogP contribution in [-0.2, 0) is 7.05 Å². The van der Waals surface area contributed by atoms with Crippen LogP contribution in [0.1, 0.15) is 6.92 Å². The molecule has 0 bridgehead atoms. The molecule has 0 unspecified atom stereocenters. The van der Waals surface area contributed by atoms with E-state index < -0.39 is 0 Å². The third kappa shape index (κ3) is 2.83. The highest BCUT2D eigenvalue weighted by molar-refractivity contribution is 7.99. The highest BCUT2D eigenvalue weighted by atomic mass is 32.2. The van der Waals surface area contributed by atoms with Crippen molar-refractivity contribution in [2.75, 3.05) is 18.8 Å². The van der Waals surface area contributed by atoms with Gasteiger partial charge in [-0.2, -0.15) is 0 Å². The van der Waals surface area contributed by atoms with Crippen molar-refractivity contribution in [1.29, 1.82) is 0 Å². The second-order valence-corrected chi connectivity index (χ2v) is 3.49. The summed E-state index contributed by atoms with van der Waals surface area (Å²) in [4.78, 5) is 0. The second kappa shape index (κ2) is 5.16. The van der Waals surface area contributed by atoms with Crippen molar-refractivity contribution in [3.8, 4) is 0 Å². The lowest BCUT2D eigenvalue weighted by Crippen LogP contribution is -2.16. The summed E-state index contributed by atoms with van der Waals surface area (Å²) in [6.07, 6.45) is 1.72. The van der Waals surface area contributed by atoms with Gasteiger partial charge in [-0.05, 0) is 6.54 Å². The summed E-state index contributed by atoms with van der Waals surface area (Å²) < 4.78 is 1.93. The van der Waals surface area contributed by atoms with Crippen molar-refractivity contribution in [2.24, 2.45) is 7.05 Å². The van der Waals surface area contributed by atoms with Crippen LogP contribution in [0.2, 0.25) is 0 Å². The minimum Gasteiger partial charge on any atom is -0.316 e. The van der Waals surface area contributed by atoms with Gasteiger partial charge in [0.25, 0.3) is 0 Å². The molecule has 1 N–H and O–H groups in total. The third-order valence-electron chi connectivity index (χ3n) is 1.43. The zero-order valence-corrected chi connectivity index (χ0v) is 8.27. The molecule has 1 aromatic heterocycles. The fraction of sp³-hybridized carbons (Fsp3) is 0.714. The first-order chi connectivity index (χ1) is 5.84. The summed E-state index contributed by atoms with van der Waals surface area (Å²) in [5.41, 5.74) is 0. The molecule has 1 rings (SSSR count). The van der Waals surface area contributed by atoms with Gasteiger partial charge in [0, 0.05) is 19.3 Å². The smallest absolute Gasteiger partial charge is 0.190 e. The Balaban J connectivity index is 2.20. The first kappa shape index (κ1) is 9.54. The van der Waals surface area contributed by atoms with Gasteiger partial charge in [-0.3, -0.25) is 0 Å². The number of aromatic nitrogens is 3. The van der Waals surface area contributed by atoms with Crippen LogP contribution < -0.4 is 5.32 Å². The van der Waals surface area contributed by atoms with E-state index in [4.69, 9.17) is 0 Å². The quantitative estimate of drug-likeness (QED) is 0.537. The van der Waals surface area contributed by atoms with E-state index in [1.807, 2.05) is 11.6 Å². The summed E-state index contributed by atoms with van der Waals surface area (Å²) >= 11 is 1.72. The van der Waals surface area contributed by atoms with Crippen molar-refractivity contribution < 1.29 is 0 Å². The molecule has 0 radical (unpaired) electrons. The van der Waals surface area contributed by atoms with E-state index in [1.54, 1.807) is 18.1 Å². The van der Waals surface area contributed by atoms with Crippen LogP contribution in [0, 0.1) is 0 Å². The first-order valence-corrected chi connectivity index (χ1v) is 5.00. The van der Waals surface area contributed by atoms with E-state index in [0.29, 0.717) is 0 Å². The van der Waals surface area contributed by atoms with E-state index in [1.165, 1.54) is 0 Å². The highest BCUT2D eigenvalue weighted by Gasteiger charge is 1.99. The monoisotopic (exact) mass is 186 g/mol. The second-order valence-electron chi connectivity index (χ2n) is 2.43. The fourth-order valence-corrected chi connectivity index (χ4v) is 1.58. The Bertz CT molecular complexity index is 223. The van der Waals surface area contributed by atoms with Gasteiger partial charge >= 0.3 is 0 Å². The molecule has 0 saturated heterocycles. The first-order valence-electron chi connectivity index (χ1n) is 4.02. The van der Waals surface area contributed by atoms with Crippen molar-refractivity contribution in [1.82, 2.24) is 20.1 Å². The van der Waals surface area contributed by atoms with Gasteiger partial charge in [0.05, 0.1) is 0 Å². The topological polar surface area (TPSA) is 42.7 Å². The van der Waals surface area contributed by atoms with Crippen LogP contribution in [0.25, 0.3) is 0 Å². The van der Waals surface area contributed by atoms with Gasteiger partial charge in [0.2, 0.25) is 0 Å². The fourth-order valence-electron chi connectivity index (χ4n) is 0.795. The van der Waals surface area contributed by atoms with Gasteiger partial charge in [0.1, 0.15) is 6.33 Å². The van der Waals surface area contributed by atoms with Crippen LogP contribution in [0.5, 0.6) is 0 Å². The average Bonchev–Trinajstić information content (AvgIpc) is 2.46. The Kier molecular flexibility index (Phi) is 4.10. The Labute approximate surface area is 76.8 Å². The third-order valence-corrected chi connectivity index (χ3v) is 2.47. The molecule has 0 saturated carbocycles. The van der Waals surface area contributed by atoms with Crippen LogP contribution in [0.4, 0.5) is 0 Å². The molecule has 0 aromatic carbocycles. The minimum absolute atomic E-state index is 0.980. The molecular formula is C7H14N4S. The Morgan fingerprint density at radius 2 is 2.50 bits per heavy atom. The lowest BCUT2D eigenvalue weighted by molar-refractivity contribution is 0.759. The molecule has 0 aliphatic heterocycles. The van der Waals surface area contributed by atoms with E-state index in [-0.39, 0.29) is 0 Å². The number of nitrogens with zero attached hydrogens (tertiary/aromatic N) is 3. The van der Waals surface area contributed by atoms with Crippen LogP contribution in [-0.4, -0.2) is 33.6 Å². The number of rotatable bonds is 5. The maximum atomic E-state index is 3.96. The molecule has 0 fully saturated rings. The molecule has 1 aromatic rings. The summed E-state index contributed by atoms with van der Waals surface area (Å²) in [5.74, 6) is 1.04. The largest absolute Gasteiger partial charge is 0.316 e.